The molecule has 0 bridgehead atoms. The molecule has 9 heteroatoms. The first-order valence-corrected chi connectivity index (χ1v) is 10.3. The summed E-state index contributed by atoms with van der Waals surface area (Å²) in [6, 6.07) is 14.1. The Kier molecular flexibility index (Phi) is 5.71. The molecule has 1 N–H and O–H groups in total. The van der Waals surface area contributed by atoms with Crippen molar-refractivity contribution in [1.82, 2.24) is 14.1 Å². The van der Waals surface area contributed by atoms with Crippen molar-refractivity contribution in [2.45, 2.75) is 4.90 Å². The number of amides is 1. The minimum Gasteiger partial charge on any atom is -0.376 e. The van der Waals surface area contributed by atoms with Crippen LogP contribution in [0.25, 0.3) is 5.69 Å². The monoisotopic (exact) mass is 413 g/mol. The predicted octanol–water partition coefficient (Wildman–Crippen LogP) is 2.44. The van der Waals surface area contributed by atoms with Crippen molar-refractivity contribution in [1.29, 1.82) is 0 Å². The second kappa shape index (κ2) is 8.06. The lowest BCUT2D eigenvalue weighted by molar-refractivity contribution is 0.102. The van der Waals surface area contributed by atoms with Crippen molar-refractivity contribution in [3.63, 3.8) is 0 Å². The van der Waals surface area contributed by atoms with Crippen LogP contribution in [0.3, 0.4) is 0 Å². The van der Waals surface area contributed by atoms with Gasteiger partial charge in [-0.3, -0.25) is 4.79 Å². The molecule has 1 aromatic heterocycles. The summed E-state index contributed by atoms with van der Waals surface area (Å²) in [5.74, 6) is -0.380. The Labute approximate surface area is 170 Å². The molecule has 1 amide bonds. The first kappa shape index (κ1) is 20.6. The van der Waals surface area contributed by atoms with E-state index in [9.17, 15) is 13.2 Å². The van der Waals surface area contributed by atoms with Crippen LogP contribution in [0.5, 0.6) is 0 Å². The molecule has 0 unspecified atom stereocenters. The molecule has 3 aromatic rings. The number of sulfonamides is 1. The van der Waals surface area contributed by atoms with E-state index in [0.29, 0.717) is 16.9 Å². The van der Waals surface area contributed by atoms with Gasteiger partial charge in [-0.15, -0.1) is 0 Å². The zero-order valence-electron chi connectivity index (χ0n) is 16.7. The quantitative estimate of drug-likeness (QED) is 0.671. The highest BCUT2D eigenvalue weighted by molar-refractivity contribution is 7.89. The second-order valence-electron chi connectivity index (χ2n) is 6.82. The zero-order chi connectivity index (χ0) is 21.2. The van der Waals surface area contributed by atoms with Gasteiger partial charge in [-0.05, 0) is 30.3 Å². The van der Waals surface area contributed by atoms with Crippen molar-refractivity contribution in [2.75, 3.05) is 38.4 Å². The summed E-state index contributed by atoms with van der Waals surface area (Å²) >= 11 is 0. The van der Waals surface area contributed by atoms with Gasteiger partial charge in [0, 0.05) is 34.4 Å². The molecule has 0 radical (unpaired) electrons. The molecule has 0 spiro atoms. The van der Waals surface area contributed by atoms with Gasteiger partial charge in [0.2, 0.25) is 10.0 Å². The molecular formula is C20H23N5O3S. The highest BCUT2D eigenvalue weighted by Crippen LogP contribution is 2.29. The topological polar surface area (TPSA) is 87.5 Å². The van der Waals surface area contributed by atoms with E-state index in [2.05, 4.69) is 10.4 Å². The van der Waals surface area contributed by atoms with Gasteiger partial charge in [0.15, 0.2) is 0 Å². The standard InChI is InChI=1S/C20H23N5O3S/c1-23(2)19-11-10-17(29(27,28)24(3)4)12-18(19)22-20(26)15-13-21-25(14-15)16-8-6-5-7-9-16/h5-14H,1-4H3,(H,22,26). The summed E-state index contributed by atoms with van der Waals surface area (Å²) < 4.78 is 27.7. The van der Waals surface area contributed by atoms with E-state index >= 15 is 0 Å². The Hall–Kier alpha value is -3.17. The van der Waals surface area contributed by atoms with E-state index in [4.69, 9.17) is 0 Å². The van der Waals surface area contributed by atoms with Gasteiger partial charge in [-0.2, -0.15) is 5.10 Å². The smallest absolute Gasteiger partial charge is 0.258 e. The fourth-order valence-electron chi connectivity index (χ4n) is 2.73. The number of para-hydroxylation sites is 1. The number of carbonyl (C=O) groups excluding carboxylic acids is 1. The Morgan fingerprint density at radius 2 is 1.72 bits per heavy atom. The third kappa shape index (κ3) is 4.30. The minimum absolute atomic E-state index is 0.100. The number of benzene rings is 2. The summed E-state index contributed by atoms with van der Waals surface area (Å²) in [5.41, 5.74) is 2.28. The zero-order valence-corrected chi connectivity index (χ0v) is 17.5. The summed E-state index contributed by atoms with van der Waals surface area (Å²) in [6.45, 7) is 0. The maximum atomic E-state index is 12.8. The maximum Gasteiger partial charge on any atom is 0.258 e. The van der Waals surface area contributed by atoms with Crippen LogP contribution in [0.4, 0.5) is 11.4 Å². The van der Waals surface area contributed by atoms with Crippen LogP contribution < -0.4 is 10.2 Å². The number of nitrogens with zero attached hydrogens (tertiary/aromatic N) is 4. The summed E-state index contributed by atoms with van der Waals surface area (Å²) in [6.07, 6.45) is 3.10. The average molecular weight is 414 g/mol. The fourth-order valence-corrected chi connectivity index (χ4v) is 3.66. The Morgan fingerprint density at radius 3 is 2.34 bits per heavy atom. The van der Waals surface area contributed by atoms with Gasteiger partial charge < -0.3 is 10.2 Å². The SMILES string of the molecule is CN(C)c1ccc(S(=O)(=O)N(C)C)cc1NC(=O)c1cnn(-c2ccccc2)c1. The Balaban J connectivity index is 1.92. The number of aromatic nitrogens is 2. The highest BCUT2D eigenvalue weighted by Gasteiger charge is 2.20. The minimum atomic E-state index is -3.63. The molecule has 152 valence electrons. The van der Waals surface area contributed by atoms with Gasteiger partial charge in [0.25, 0.3) is 5.91 Å². The molecule has 8 nitrogen and oxygen atoms in total. The molecule has 0 saturated heterocycles. The lowest BCUT2D eigenvalue weighted by Crippen LogP contribution is -2.23. The number of hydrogen-bond donors (Lipinski definition) is 1. The molecule has 2 aromatic carbocycles. The van der Waals surface area contributed by atoms with Gasteiger partial charge >= 0.3 is 0 Å². The van der Waals surface area contributed by atoms with Crippen LogP contribution in [0.1, 0.15) is 10.4 Å². The average Bonchev–Trinajstić information content (AvgIpc) is 3.18. The van der Waals surface area contributed by atoms with Crippen LogP contribution in [0.15, 0.2) is 65.8 Å². The van der Waals surface area contributed by atoms with E-state index in [1.165, 1.54) is 32.4 Å². The number of carbonyl (C=O) groups is 1. The van der Waals surface area contributed by atoms with Crippen LogP contribution in [0.2, 0.25) is 0 Å². The number of anilines is 2. The maximum absolute atomic E-state index is 12.8. The molecule has 0 aliphatic heterocycles. The molecule has 0 fully saturated rings. The van der Waals surface area contributed by atoms with E-state index < -0.39 is 10.0 Å². The Bertz CT molecular complexity index is 1120. The fraction of sp³-hybridized carbons (Fsp3) is 0.200. The van der Waals surface area contributed by atoms with E-state index in [0.717, 1.165) is 9.99 Å². The van der Waals surface area contributed by atoms with Crippen molar-refractivity contribution < 1.29 is 13.2 Å². The van der Waals surface area contributed by atoms with Gasteiger partial charge in [-0.1, -0.05) is 18.2 Å². The molecule has 0 saturated carbocycles. The van der Waals surface area contributed by atoms with Gasteiger partial charge in [0.05, 0.1) is 33.7 Å². The second-order valence-corrected chi connectivity index (χ2v) is 8.98. The van der Waals surface area contributed by atoms with Gasteiger partial charge in [-0.25, -0.2) is 17.4 Å². The van der Waals surface area contributed by atoms with Crippen LogP contribution in [0, 0.1) is 0 Å². The summed E-state index contributed by atoms with van der Waals surface area (Å²) in [7, 11) is 2.94. The van der Waals surface area contributed by atoms with Crippen molar-refractivity contribution in [3.05, 3.63) is 66.5 Å². The molecular weight excluding hydrogens is 390 g/mol. The van der Waals surface area contributed by atoms with E-state index in [-0.39, 0.29) is 10.8 Å². The summed E-state index contributed by atoms with van der Waals surface area (Å²) in [4.78, 5) is 14.7. The Morgan fingerprint density at radius 1 is 1.03 bits per heavy atom. The van der Waals surface area contributed by atoms with Crippen molar-refractivity contribution in [2.24, 2.45) is 0 Å². The largest absolute Gasteiger partial charge is 0.376 e. The molecule has 3 rings (SSSR count). The third-order valence-corrected chi connectivity index (χ3v) is 6.15. The molecule has 0 atom stereocenters. The number of hydrogen-bond acceptors (Lipinski definition) is 5. The molecule has 29 heavy (non-hydrogen) atoms. The van der Waals surface area contributed by atoms with Crippen LogP contribution in [-0.2, 0) is 10.0 Å². The lowest BCUT2D eigenvalue weighted by Gasteiger charge is -2.20. The number of rotatable bonds is 6. The van der Waals surface area contributed by atoms with Crippen molar-refractivity contribution >= 4 is 27.3 Å². The number of nitrogens with one attached hydrogen (secondary N) is 1. The van der Waals surface area contributed by atoms with Crippen molar-refractivity contribution in [3.8, 4) is 5.69 Å². The van der Waals surface area contributed by atoms with Gasteiger partial charge in [0.1, 0.15) is 0 Å². The molecule has 0 aliphatic rings. The summed E-state index contributed by atoms with van der Waals surface area (Å²) in [5, 5.41) is 7.04. The van der Waals surface area contributed by atoms with E-state index in [1.807, 2.05) is 44.4 Å². The molecule has 0 aliphatic carbocycles. The normalized spacial score (nSPS) is 11.5. The first-order chi connectivity index (χ1) is 13.7. The van der Waals surface area contributed by atoms with E-state index in [1.54, 1.807) is 21.8 Å². The predicted molar refractivity (Wildman–Crippen MR) is 113 cm³/mol. The first-order valence-electron chi connectivity index (χ1n) is 8.85. The highest BCUT2D eigenvalue weighted by atomic mass is 32.2. The lowest BCUT2D eigenvalue weighted by atomic mass is 10.2. The molecule has 1 heterocycles. The third-order valence-electron chi connectivity index (χ3n) is 4.34. The van der Waals surface area contributed by atoms with Crippen LogP contribution >= 0.6 is 0 Å². The van der Waals surface area contributed by atoms with Crippen LogP contribution in [-0.4, -0.2) is 56.6 Å².